The largest absolute Gasteiger partial charge is 0.319 e. The Morgan fingerprint density at radius 2 is 1.95 bits per heavy atom. The van der Waals surface area contributed by atoms with Gasteiger partial charge in [-0.05, 0) is 64.0 Å². The van der Waals surface area contributed by atoms with Crippen molar-refractivity contribution in [2.45, 2.75) is 38.6 Å². The van der Waals surface area contributed by atoms with Crippen molar-refractivity contribution in [2.24, 2.45) is 5.92 Å². The lowest BCUT2D eigenvalue weighted by atomic mass is 9.88. The lowest BCUT2D eigenvalue weighted by molar-refractivity contribution is 0.155. The van der Waals surface area contributed by atoms with Crippen LogP contribution in [0, 0.1) is 5.92 Å². The second kappa shape index (κ2) is 8.38. The number of rotatable bonds is 5. The van der Waals surface area contributed by atoms with Gasteiger partial charge in [0, 0.05) is 21.7 Å². The van der Waals surface area contributed by atoms with Crippen molar-refractivity contribution in [1.82, 2.24) is 10.2 Å². The minimum atomic E-state index is 0.320. The quantitative estimate of drug-likeness (QED) is 0.837. The highest BCUT2D eigenvalue weighted by atomic mass is 35.5. The van der Waals surface area contributed by atoms with Gasteiger partial charge >= 0.3 is 0 Å². The van der Waals surface area contributed by atoms with E-state index in [4.69, 9.17) is 23.2 Å². The van der Waals surface area contributed by atoms with E-state index in [1.54, 1.807) is 0 Å². The number of benzene rings is 1. The Bertz CT molecular complexity index is 414. The number of hydrogen-bond acceptors (Lipinski definition) is 2. The van der Waals surface area contributed by atoms with Crippen molar-refractivity contribution >= 4 is 23.2 Å². The molecule has 0 aliphatic carbocycles. The Labute approximate surface area is 138 Å². The number of nitrogens with zero attached hydrogens (tertiary/aromatic N) is 1. The molecule has 118 valence electrons. The Morgan fingerprint density at radius 1 is 1.24 bits per heavy atom. The molecular formula is C17H26Cl2N2. The van der Waals surface area contributed by atoms with Gasteiger partial charge in [-0.25, -0.2) is 0 Å². The molecule has 0 aromatic heterocycles. The van der Waals surface area contributed by atoms with Crippen LogP contribution in [0.15, 0.2) is 18.2 Å². The molecule has 0 saturated carbocycles. The molecule has 1 saturated heterocycles. The van der Waals surface area contributed by atoms with Crippen LogP contribution in [0.4, 0.5) is 0 Å². The molecule has 21 heavy (non-hydrogen) atoms. The third kappa shape index (κ3) is 4.13. The van der Waals surface area contributed by atoms with Gasteiger partial charge < -0.3 is 5.32 Å². The molecule has 0 radical (unpaired) electrons. The average molecular weight is 329 g/mol. The second-order valence-corrected chi connectivity index (χ2v) is 6.74. The van der Waals surface area contributed by atoms with Crippen molar-refractivity contribution in [1.29, 1.82) is 0 Å². The molecule has 1 aromatic carbocycles. The zero-order valence-electron chi connectivity index (χ0n) is 13.0. The Balaban J connectivity index is 2.42. The van der Waals surface area contributed by atoms with Gasteiger partial charge in [-0.1, -0.05) is 42.6 Å². The fourth-order valence-corrected chi connectivity index (χ4v) is 4.16. The normalized spacial score (nSPS) is 24.0. The molecule has 1 aliphatic heterocycles. The number of likely N-dealkylation sites (tertiary alicyclic amines) is 1. The SMILES string of the molecule is CCCN1CCCCC(CNC)C1c1c(Cl)cccc1Cl. The predicted octanol–water partition coefficient (Wildman–Crippen LogP) is 4.77. The summed E-state index contributed by atoms with van der Waals surface area (Å²) < 4.78 is 0. The van der Waals surface area contributed by atoms with Crippen molar-refractivity contribution in [2.75, 3.05) is 26.7 Å². The summed E-state index contributed by atoms with van der Waals surface area (Å²) in [5.74, 6) is 0.557. The summed E-state index contributed by atoms with van der Waals surface area (Å²) in [6.45, 7) is 5.49. The molecular weight excluding hydrogens is 303 g/mol. The van der Waals surface area contributed by atoms with E-state index in [1.165, 1.54) is 19.3 Å². The van der Waals surface area contributed by atoms with Crippen LogP contribution in [-0.4, -0.2) is 31.6 Å². The second-order valence-electron chi connectivity index (χ2n) is 5.93. The molecule has 2 atom stereocenters. The fraction of sp³-hybridized carbons (Fsp3) is 0.647. The first-order valence-corrected chi connectivity index (χ1v) is 8.77. The number of halogens is 2. The van der Waals surface area contributed by atoms with Crippen LogP contribution in [0.1, 0.15) is 44.2 Å². The molecule has 1 aromatic rings. The highest BCUT2D eigenvalue weighted by molar-refractivity contribution is 6.36. The highest BCUT2D eigenvalue weighted by Crippen LogP contribution is 2.41. The van der Waals surface area contributed by atoms with Crippen LogP contribution in [-0.2, 0) is 0 Å². The van der Waals surface area contributed by atoms with Gasteiger partial charge in [-0.2, -0.15) is 0 Å². The standard InChI is InChI=1S/C17H26Cl2N2/c1-3-10-21-11-5-4-7-13(12-20-2)17(21)16-14(18)8-6-9-15(16)19/h6,8-9,13,17,20H,3-5,7,10-12H2,1-2H3. The molecule has 1 N–H and O–H groups in total. The summed E-state index contributed by atoms with van der Waals surface area (Å²) in [6, 6.07) is 6.19. The van der Waals surface area contributed by atoms with Crippen LogP contribution >= 0.6 is 23.2 Å². The third-order valence-electron chi connectivity index (χ3n) is 4.38. The van der Waals surface area contributed by atoms with E-state index < -0.39 is 0 Å². The monoisotopic (exact) mass is 328 g/mol. The number of nitrogens with one attached hydrogen (secondary N) is 1. The van der Waals surface area contributed by atoms with Crippen molar-refractivity contribution < 1.29 is 0 Å². The van der Waals surface area contributed by atoms with Crippen LogP contribution < -0.4 is 5.32 Å². The summed E-state index contributed by atoms with van der Waals surface area (Å²) in [5, 5.41) is 4.96. The van der Waals surface area contributed by atoms with Crippen LogP contribution in [0.5, 0.6) is 0 Å². The summed E-state index contributed by atoms with van der Waals surface area (Å²) in [7, 11) is 2.03. The molecule has 2 nitrogen and oxygen atoms in total. The fourth-order valence-electron chi connectivity index (χ4n) is 3.54. The summed E-state index contributed by atoms with van der Waals surface area (Å²) in [6.07, 6.45) is 4.93. The van der Waals surface area contributed by atoms with Gasteiger partial charge in [0.25, 0.3) is 0 Å². The summed E-state index contributed by atoms with van der Waals surface area (Å²) >= 11 is 13.0. The van der Waals surface area contributed by atoms with Crippen LogP contribution in [0.2, 0.25) is 10.0 Å². The Morgan fingerprint density at radius 3 is 2.57 bits per heavy atom. The van der Waals surface area contributed by atoms with Gasteiger partial charge in [-0.3, -0.25) is 4.90 Å². The highest BCUT2D eigenvalue weighted by Gasteiger charge is 2.32. The maximum absolute atomic E-state index is 6.52. The number of hydrogen-bond donors (Lipinski definition) is 1. The van der Waals surface area contributed by atoms with Crippen molar-refractivity contribution in [3.8, 4) is 0 Å². The minimum absolute atomic E-state index is 0.320. The van der Waals surface area contributed by atoms with Gasteiger partial charge in [0.05, 0.1) is 0 Å². The first kappa shape index (κ1) is 17.1. The molecule has 1 fully saturated rings. The van der Waals surface area contributed by atoms with Gasteiger partial charge in [0.2, 0.25) is 0 Å². The van der Waals surface area contributed by atoms with Crippen LogP contribution in [0.3, 0.4) is 0 Å². The summed E-state index contributed by atoms with van der Waals surface area (Å²) in [4.78, 5) is 2.59. The van der Waals surface area contributed by atoms with Crippen LogP contribution in [0.25, 0.3) is 0 Å². The zero-order chi connectivity index (χ0) is 15.2. The Kier molecular flexibility index (Phi) is 6.81. The maximum atomic E-state index is 6.52. The molecule has 0 spiro atoms. The average Bonchev–Trinajstić information content (AvgIpc) is 2.64. The van der Waals surface area contributed by atoms with E-state index in [-0.39, 0.29) is 0 Å². The molecule has 2 unspecified atom stereocenters. The van der Waals surface area contributed by atoms with Crippen molar-refractivity contribution in [3.05, 3.63) is 33.8 Å². The van der Waals surface area contributed by atoms with E-state index >= 15 is 0 Å². The molecule has 0 bridgehead atoms. The smallest absolute Gasteiger partial charge is 0.0468 e. The predicted molar refractivity (Wildman–Crippen MR) is 92.3 cm³/mol. The summed E-state index contributed by atoms with van der Waals surface area (Å²) in [5.41, 5.74) is 1.12. The third-order valence-corrected chi connectivity index (χ3v) is 5.04. The lowest BCUT2D eigenvalue weighted by Gasteiger charge is -2.36. The van der Waals surface area contributed by atoms with E-state index in [2.05, 4.69) is 17.1 Å². The van der Waals surface area contributed by atoms with Gasteiger partial charge in [-0.15, -0.1) is 0 Å². The molecule has 4 heteroatoms. The Hall–Kier alpha value is -0.280. The van der Waals surface area contributed by atoms with Gasteiger partial charge in [0.1, 0.15) is 0 Å². The van der Waals surface area contributed by atoms with E-state index in [0.717, 1.165) is 41.7 Å². The first-order valence-electron chi connectivity index (χ1n) is 8.01. The molecule has 1 heterocycles. The lowest BCUT2D eigenvalue weighted by Crippen LogP contribution is -2.37. The van der Waals surface area contributed by atoms with Gasteiger partial charge in [0.15, 0.2) is 0 Å². The topological polar surface area (TPSA) is 15.3 Å². The van der Waals surface area contributed by atoms with Crippen molar-refractivity contribution in [3.63, 3.8) is 0 Å². The van der Waals surface area contributed by atoms with E-state index in [9.17, 15) is 0 Å². The first-order chi connectivity index (χ1) is 10.2. The zero-order valence-corrected chi connectivity index (χ0v) is 14.6. The molecule has 1 aliphatic rings. The van der Waals surface area contributed by atoms with E-state index in [1.807, 2.05) is 25.2 Å². The maximum Gasteiger partial charge on any atom is 0.0468 e. The molecule has 0 amide bonds. The molecule has 2 rings (SSSR count). The van der Waals surface area contributed by atoms with E-state index in [0.29, 0.717) is 12.0 Å². The minimum Gasteiger partial charge on any atom is -0.319 e.